The second kappa shape index (κ2) is 3.43. The van der Waals surface area contributed by atoms with Crippen LogP contribution in [-0.4, -0.2) is 21.9 Å². The lowest BCUT2D eigenvalue weighted by atomic mass is 10.0. The zero-order valence-electron chi connectivity index (χ0n) is 7.43. The van der Waals surface area contributed by atoms with Crippen molar-refractivity contribution in [2.45, 2.75) is 26.1 Å². The zero-order valence-corrected chi connectivity index (χ0v) is 7.43. The SMILES string of the molecule is CC1CCOC1c1nc(CO)no1. The molecule has 0 aliphatic carbocycles. The Bertz CT molecular complexity index is 287. The first-order valence-electron chi connectivity index (χ1n) is 4.36. The van der Waals surface area contributed by atoms with Crippen molar-refractivity contribution in [1.82, 2.24) is 10.1 Å². The van der Waals surface area contributed by atoms with Crippen LogP contribution in [0.1, 0.15) is 31.2 Å². The summed E-state index contributed by atoms with van der Waals surface area (Å²) in [7, 11) is 0. The first kappa shape index (κ1) is 8.65. The summed E-state index contributed by atoms with van der Waals surface area (Å²) < 4.78 is 10.4. The Morgan fingerprint density at radius 3 is 3.00 bits per heavy atom. The Morgan fingerprint density at radius 2 is 2.46 bits per heavy atom. The number of ether oxygens (including phenoxy) is 1. The molecule has 0 amide bonds. The molecule has 1 aromatic rings. The van der Waals surface area contributed by atoms with Crippen LogP contribution in [0.15, 0.2) is 4.52 Å². The van der Waals surface area contributed by atoms with E-state index < -0.39 is 0 Å². The number of rotatable bonds is 2. The molecule has 1 fully saturated rings. The molecular weight excluding hydrogens is 172 g/mol. The summed E-state index contributed by atoms with van der Waals surface area (Å²) in [5.41, 5.74) is 0. The van der Waals surface area contributed by atoms with E-state index in [1.54, 1.807) is 0 Å². The molecule has 13 heavy (non-hydrogen) atoms. The molecule has 1 aromatic heterocycles. The van der Waals surface area contributed by atoms with Gasteiger partial charge in [0.2, 0.25) is 0 Å². The molecule has 0 saturated carbocycles. The lowest BCUT2D eigenvalue weighted by Crippen LogP contribution is -2.04. The van der Waals surface area contributed by atoms with Crippen LogP contribution in [0.25, 0.3) is 0 Å². The van der Waals surface area contributed by atoms with Crippen LogP contribution in [0.2, 0.25) is 0 Å². The second-order valence-electron chi connectivity index (χ2n) is 3.26. The van der Waals surface area contributed by atoms with Gasteiger partial charge in [-0.05, 0) is 12.3 Å². The number of hydrogen-bond donors (Lipinski definition) is 1. The maximum absolute atomic E-state index is 8.73. The maximum atomic E-state index is 8.73. The number of aliphatic hydroxyl groups excluding tert-OH is 1. The van der Waals surface area contributed by atoms with Gasteiger partial charge in [0, 0.05) is 6.61 Å². The molecule has 0 radical (unpaired) electrons. The fraction of sp³-hybridized carbons (Fsp3) is 0.750. The fourth-order valence-electron chi connectivity index (χ4n) is 1.46. The fourth-order valence-corrected chi connectivity index (χ4v) is 1.46. The molecule has 2 atom stereocenters. The molecule has 2 rings (SSSR count). The van der Waals surface area contributed by atoms with Gasteiger partial charge in [0.05, 0.1) is 0 Å². The van der Waals surface area contributed by atoms with Gasteiger partial charge in [-0.25, -0.2) is 0 Å². The van der Waals surface area contributed by atoms with Gasteiger partial charge in [0.25, 0.3) is 5.89 Å². The number of hydrogen-bond acceptors (Lipinski definition) is 5. The molecule has 5 heteroatoms. The van der Waals surface area contributed by atoms with Crippen LogP contribution in [0.3, 0.4) is 0 Å². The van der Waals surface area contributed by atoms with Crippen LogP contribution in [-0.2, 0) is 11.3 Å². The van der Waals surface area contributed by atoms with Gasteiger partial charge in [-0.2, -0.15) is 4.98 Å². The molecule has 2 unspecified atom stereocenters. The summed E-state index contributed by atoms with van der Waals surface area (Å²) in [6, 6.07) is 0. The number of nitrogens with zero attached hydrogens (tertiary/aromatic N) is 2. The zero-order chi connectivity index (χ0) is 9.26. The highest BCUT2D eigenvalue weighted by Gasteiger charge is 2.30. The van der Waals surface area contributed by atoms with E-state index in [1.165, 1.54) is 0 Å². The third kappa shape index (κ3) is 1.57. The van der Waals surface area contributed by atoms with E-state index in [2.05, 4.69) is 17.1 Å². The molecule has 2 heterocycles. The summed E-state index contributed by atoms with van der Waals surface area (Å²) in [6.45, 7) is 2.63. The Labute approximate surface area is 75.7 Å². The molecule has 0 aromatic carbocycles. The smallest absolute Gasteiger partial charge is 0.256 e. The van der Waals surface area contributed by atoms with Crippen LogP contribution in [0.4, 0.5) is 0 Å². The standard InChI is InChI=1S/C8H12N2O3/c1-5-2-3-12-7(5)8-9-6(4-11)10-13-8/h5,7,11H,2-4H2,1H3. The van der Waals surface area contributed by atoms with Crippen molar-refractivity contribution in [2.24, 2.45) is 5.92 Å². The molecule has 0 bridgehead atoms. The summed E-state index contributed by atoms with van der Waals surface area (Å²) in [5, 5.41) is 12.3. The van der Waals surface area contributed by atoms with E-state index in [-0.39, 0.29) is 12.7 Å². The van der Waals surface area contributed by atoms with Crippen molar-refractivity contribution in [3.63, 3.8) is 0 Å². The quantitative estimate of drug-likeness (QED) is 0.731. The van der Waals surface area contributed by atoms with Gasteiger partial charge in [0.15, 0.2) is 5.82 Å². The van der Waals surface area contributed by atoms with Crippen LogP contribution < -0.4 is 0 Å². The lowest BCUT2D eigenvalue weighted by Gasteiger charge is -2.07. The van der Waals surface area contributed by atoms with E-state index >= 15 is 0 Å². The Kier molecular flexibility index (Phi) is 2.28. The number of aromatic nitrogens is 2. The Balaban J connectivity index is 2.15. The summed E-state index contributed by atoms with van der Waals surface area (Å²) in [6.07, 6.45) is 0.925. The van der Waals surface area contributed by atoms with E-state index in [4.69, 9.17) is 14.4 Å². The molecule has 1 aliphatic rings. The van der Waals surface area contributed by atoms with Crippen molar-refractivity contribution in [1.29, 1.82) is 0 Å². The van der Waals surface area contributed by atoms with Gasteiger partial charge in [-0.1, -0.05) is 12.1 Å². The van der Waals surface area contributed by atoms with E-state index in [0.717, 1.165) is 13.0 Å². The highest BCUT2D eigenvalue weighted by atomic mass is 16.5. The molecule has 72 valence electrons. The summed E-state index contributed by atoms with van der Waals surface area (Å²) >= 11 is 0. The average molecular weight is 184 g/mol. The minimum Gasteiger partial charge on any atom is -0.388 e. The predicted molar refractivity (Wildman–Crippen MR) is 42.7 cm³/mol. The molecule has 1 N–H and O–H groups in total. The third-order valence-corrected chi connectivity index (χ3v) is 2.26. The van der Waals surface area contributed by atoms with Crippen molar-refractivity contribution in [2.75, 3.05) is 6.61 Å². The van der Waals surface area contributed by atoms with E-state index in [9.17, 15) is 0 Å². The molecule has 0 spiro atoms. The van der Waals surface area contributed by atoms with Gasteiger partial charge in [0.1, 0.15) is 12.7 Å². The van der Waals surface area contributed by atoms with Crippen molar-refractivity contribution in [3.05, 3.63) is 11.7 Å². The van der Waals surface area contributed by atoms with Crippen molar-refractivity contribution >= 4 is 0 Å². The van der Waals surface area contributed by atoms with Crippen molar-refractivity contribution < 1.29 is 14.4 Å². The van der Waals surface area contributed by atoms with Crippen LogP contribution >= 0.6 is 0 Å². The average Bonchev–Trinajstić information content (AvgIpc) is 2.71. The first-order chi connectivity index (χ1) is 6.31. The van der Waals surface area contributed by atoms with Gasteiger partial charge >= 0.3 is 0 Å². The molecule has 1 saturated heterocycles. The second-order valence-corrected chi connectivity index (χ2v) is 3.26. The Morgan fingerprint density at radius 1 is 1.62 bits per heavy atom. The monoisotopic (exact) mass is 184 g/mol. The summed E-state index contributed by atoms with van der Waals surface area (Å²) in [4.78, 5) is 4.01. The highest BCUT2D eigenvalue weighted by molar-refractivity contribution is 4.93. The van der Waals surface area contributed by atoms with Crippen LogP contribution in [0, 0.1) is 5.92 Å². The minimum atomic E-state index is -0.190. The molecular formula is C8H12N2O3. The molecule has 5 nitrogen and oxygen atoms in total. The third-order valence-electron chi connectivity index (χ3n) is 2.26. The summed E-state index contributed by atoms with van der Waals surface area (Å²) in [5.74, 6) is 1.21. The lowest BCUT2D eigenvalue weighted by molar-refractivity contribution is 0.0661. The van der Waals surface area contributed by atoms with Crippen LogP contribution in [0.5, 0.6) is 0 Å². The molecule has 1 aliphatic heterocycles. The first-order valence-corrected chi connectivity index (χ1v) is 4.36. The Hall–Kier alpha value is -0.940. The predicted octanol–water partition coefficient (Wildman–Crippen LogP) is 0.659. The normalized spacial score (nSPS) is 28.2. The van der Waals surface area contributed by atoms with E-state index in [1.807, 2.05) is 0 Å². The van der Waals surface area contributed by atoms with E-state index in [0.29, 0.717) is 17.6 Å². The number of aliphatic hydroxyl groups is 1. The minimum absolute atomic E-state index is 0.0900. The largest absolute Gasteiger partial charge is 0.388 e. The van der Waals surface area contributed by atoms with Gasteiger partial charge in [-0.3, -0.25) is 0 Å². The van der Waals surface area contributed by atoms with Gasteiger partial charge in [-0.15, -0.1) is 0 Å². The highest BCUT2D eigenvalue weighted by Crippen LogP contribution is 2.32. The van der Waals surface area contributed by atoms with Crippen molar-refractivity contribution in [3.8, 4) is 0 Å². The van der Waals surface area contributed by atoms with Gasteiger partial charge < -0.3 is 14.4 Å². The topological polar surface area (TPSA) is 68.4 Å². The maximum Gasteiger partial charge on any atom is 0.256 e.